The van der Waals surface area contributed by atoms with Crippen LogP contribution in [0.4, 0.5) is 0 Å². The van der Waals surface area contributed by atoms with Crippen molar-refractivity contribution in [1.29, 1.82) is 0 Å². The summed E-state index contributed by atoms with van der Waals surface area (Å²) in [6.07, 6.45) is 1.15. The molecular weight excluding hydrogens is 252 g/mol. The van der Waals surface area contributed by atoms with Crippen LogP contribution in [0.1, 0.15) is 43.2 Å². The Morgan fingerprint density at radius 3 is 2.70 bits per heavy atom. The molecule has 1 atom stereocenters. The van der Waals surface area contributed by atoms with Crippen molar-refractivity contribution < 1.29 is 9.26 Å². The standard InChI is InChI=1S/C16H22N2O2/c1-4-12(2)13-5-7-15(8-6-13)19-11-16-9-14(10-17-3)18-20-16/h5-9,12,17H,4,10-11H2,1-3H3. The lowest BCUT2D eigenvalue weighted by Crippen LogP contribution is -2.04. The minimum Gasteiger partial charge on any atom is -0.486 e. The van der Waals surface area contributed by atoms with E-state index >= 15 is 0 Å². The summed E-state index contributed by atoms with van der Waals surface area (Å²) >= 11 is 0. The summed E-state index contributed by atoms with van der Waals surface area (Å²) < 4.78 is 10.9. The van der Waals surface area contributed by atoms with Crippen molar-refractivity contribution in [3.8, 4) is 5.75 Å². The van der Waals surface area contributed by atoms with E-state index in [1.54, 1.807) is 0 Å². The zero-order valence-electron chi connectivity index (χ0n) is 12.3. The second-order valence-electron chi connectivity index (χ2n) is 4.98. The van der Waals surface area contributed by atoms with Gasteiger partial charge >= 0.3 is 0 Å². The highest BCUT2D eigenvalue weighted by Gasteiger charge is 2.06. The second kappa shape index (κ2) is 7.10. The lowest BCUT2D eigenvalue weighted by molar-refractivity contribution is 0.248. The highest BCUT2D eigenvalue weighted by molar-refractivity contribution is 5.29. The topological polar surface area (TPSA) is 47.3 Å². The third kappa shape index (κ3) is 3.84. The van der Waals surface area contributed by atoms with Gasteiger partial charge in [0.25, 0.3) is 0 Å². The Bertz CT molecular complexity index is 520. The first-order valence-corrected chi connectivity index (χ1v) is 7.04. The molecule has 0 spiro atoms. The Morgan fingerprint density at radius 1 is 1.30 bits per heavy atom. The zero-order valence-corrected chi connectivity index (χ0v) is 12.3. The van der Waals surface area contributed by atoms with E-state index in [0.717, 1.165) is 23.6 Å². The molecule has 2 aromatic rings. The number of nitrogens with one attached hydrogen (secondary N) is 1. The molecule has 2 rings (SSSR count). The van der Waals surface area contributed by atoms with Crippen LogP contribution in [0.15, 0.2) is 34.9 Å². The van der Waals surface area contributed by atoms with Gasteiger partial charge in [-0.05, 0) is 37.1 Å². The zero-order chi connectivity index (χ0) is 14.4. The first kappa shape index (κ1) is 14.6. The van der Waals surface area contributed by atoms with Crippen molar-refractivity contribution >= 4 is 0 Å². The molecule has 0 fully saturated rings. The van der Waals surface area contributed by atoms with Crippen molar-refractivity contribution in [3.63, 3.8) is 0 Å². The maximum atomic E-state index is 5.70. The lowest BCUT2D eigenvalue weighted by atomic mass is 9.99. The molecule has 0 bridgehead atoms. The molecule has 4 heteroatoms. The first-order chi connectivity index (χ1) is 9.72. The van der Waals surface area contributed by atoms with Crippen LogP contribution in [-0.4, -0.2) is 12.2 Å². The van der Waals surface area contributed by atoms with Gasteiger partial charge in [-0.2, -0.15) is 0 Å². The molecule has 20 heavy (non-hydrogen) atoms. The molecule has 1 heterocycles. The Labute approximate surface area is 120 Å². The molecular formula is C16H22N2O2. The third-order valence-electron chi connectivity index (χ3n) is 3.41. The average molecular weight is 274 g/mol. The van der Waals surface area contributed by atoms with Crippen LogP contribution in [0.25, 0.3) is 0 Å². The monoisotopic (exact) mass is 274 g/mol. The third-order valence-corrected chi connectivity index (χ3v) is 3.41. The van der Waals surface area contributed by atoms with E-state index in [0.29, 0.717) is 19.1 Å². The van der Waals surface area contributed by atoms with Crippen LogP contribution >= 0.6 is 0 Å². The fraction of sp³-hybridized carbons (Fsp3) is 0.438. The summed E-state index contributed by atoms with van der Waals surface area (Å²) in [7, 11) is 1.88. The maximum absolute atomic E-state index is 5.70. The van der Waals surface area contributed by atoms with Crippen molar-refractivity contribution in [2.75, 3.05) is 7.05 Å². The number of ether oxygens (including phenoxy) is 1. The highest BCUT2D eigenvalue weighted by atomic mass is 16.5. The summed E-state index contributed by atoms with van der Waals surface area (Å²) in [5, 5.41) is 6.98. The van der Waals surface area contributed by atoms with Crippen LogP contribution in [0, 0.1) is 0 Å². The fourth-order valence-corrected chi connectivity index (χ4v) is 1.97. The van der Waals surface area contributed by atoms with E-state index in [1.165, 1.54) is 5.56 Å². The van der Waals surface area contributed by atoms with Crippen LogP contribution < -0.4 is 10.1 Å². The van der Waals surface area contributed by atoms with Gasteiger partial charge in [-0.15, -0.1) is 0 Å². The number of hydrogen-bond donors (Lipinski definition) is 1. The molecule has 1 aromatic heterocycles. The Morgan fingerprint density at radius 2 is 2.05 bits per heavy atom. The van der Waals surface area contributed by atoms with Gasteiger partial charge < -0.3 is 14.6 Å². The van der Waals surface area contributed by atoms with Gasteiger partial charge in [-0.1, -0.05) is 31.1 Å². The maximum Gasteiger partial charge on any atom is 0.174 e. The van der Waals surface area contributed by atoms with Crippen LogP contribution in [-0.2, 0) is 13.2 Å². The molecule has 0 radical (unpaired) electrons. The number of hydrogen-bond acceptors (Lipinski definition) is 4. The summed E-state index contributed by atoms with van der Waals surface area (Å²) in [4.78, 5) is 0. The molecule has 108 valence electrons. The molecule has 4 nitrogen and oxygen atoms in total. The van der Waals surface area contributed by atoms with Crippen molar-refractivity contribution in [2.24, 2.45) is 0 Å². The van der Waals surface area contributed by atoms with Gasteiger partial charge in [0.05, 0.1) is 5.69 Å². The summed E-state index contributed by atoms with van der Waals surface area (Å²) in [6, 6.07) is 10.2. The van der Waals surface area contributed by atoms with E-state index in [9.17, 15) is 0 Å². The van der Waals surface area contributed by atoms with Crippen molar-refractivity contribution in [3.05, 3.63) is 47.3 Å². The van der Waals surface area contributed by atoms with E-state index < -0.39 is 0 Å². The SMILES string of the molecule is CCC(C)c1ccc(OCc2cc(CNC)no2)cc1. The minimum atomic E-state index is 0.402. The smallest absolute Gasteiger partial charge is 0.174 e. The summed E-state index contributed by atoms with van der Waals surface area (Å²) in [5.74, 6) is 2.17. The fourth-order valence-electron chi connectivity index (χ4n) is 1.97. The quantitative estimate of drug-likeness (QED) is 0.839. The average Bonchev–Trinajstić information content (AvgIpc) is 2.93. The minimum absolute atomic E-state index is 0.402. The van der Waals surface area contributed by atoms with Gasteiger partial charge in [-0.3, -0.25) is 0 Å². The second-order valence-corrected chi connectivity index (χ2v) is 4.98. The van der Waals surface area contributed by atoms with Crippen LogP contribution in [0.5, 0.6) is 5.75 Å². The van der Waals surface area contributed by atoms with Gasteiger partial charge in [0.2, 0.25) is 0 Å². The molecule has 1 N–H and O–H groups in total. The van der Waals surface area contributed by atoms with Crippen LogP contribution in [0.3, 0.4) is 0 Å². The molecule has 0 aliphatic carbocycles. The molecule has 1 aromatic carbocycles. The van der Waals surface area contributed by atoms with E-state index in [-0.39, 0.29) is 0 Å². The Kier molecular flexibility index (Phi) is 5.18. The van der Waals surface area contributed by atoms with Crippen LogP contribution in [0.2, 0.25) is 0 Å². The normalized spacial score (nSPS) is 12.3. The number of aromatic nitrogens is 1. The molecule has 1 unspecified atom stereocenters. The van der Waals surface area contributed by atoms with Gasteiger partial charge in [0.15, 0.2) is 5.76 Å². The number of benzene rings is 1. The van der Waals surface area contributed by atoms with E-state index in [1.807, 2.05) is 25.2 Å². The van der Waals surface area contributed by atoms with E-state index in [2.05, 4.69) is 36.5 Å². The van der Waals surface area contributed by atoms with Gasteiger partial charge in [-0.25, -0.2) is 0 Å². The molecule has 0 aliphatic rings. The van der Waals surface area contributed by atoms with Gasteiger partial charge in [0.1, 0.15) is 12.4 Å². The Balaban J connectivity index is 1.89. The predicted molar refractivity (Wildman–Crippen MR) is 78.7 cm³/mol. The largest absolute Gasteiger partial charge is 0.486 e. The molecule has 0 aliphatic heterocycles. The molecule has 0 saturated carbocycles. The van der Waals surface area contributed by atoms with Gasteiger partial charge in [0, 0.05) is 12.6 Å². The van der Waals surface area contributed by atoms with Crippen molar-refractivity contribution in [2.45, 2.75) is 39.3 Å². The highest BCUT2D eigenvalue weighted by Crippen LogP contribution is 2.22. The number of nitrogens with zero attached hydrogens (tertiary/aromatic N) is 1. The summed E-state index contributed by atoms with van der Waals surface area (Å²) in [6.45, 7) is 5.53. The molecule has 0 saturated heterocycles. The van der Waals surface area contributed by atoms with Crippen molar-refractivity contribution in [1.82, 2.24) is 10.5 Å². The number of rotatable bonds is 7. The first-order valence-electron chi connectivity index (χ1n) is 7.04. The summed E-state index contributed by atoms with van der Waals surface area (Å²) in [5.41, 5.74) is 2.23. The molecule has 0 amide bonds. The predicted octanol–water partition coefficient (Wildman–Crippen LogP) is 3.49. The Hall–Kier alpha value is -1.81. The van der Waals surface area contributed by atoms with E-state index in [4.69, 9.17) is 9.26 Å². The lowest BCUT2D eigenvalue weighted by Gasteiger charge is -2.10.